The molecular formula is C26H19ClFN7O4. The molecule has 39 heavy (non-hydrogen) atoms. The zero-order chi connectivity index (χ0) is 27.4. The molecule has 1 atom stereocenters. The molecule has 0 aliphatic carbocycles. The number of nitrogens with zero attached hydrogens (tertiary/aromatic N) is 7. The highest BCUT2D eigenvalue weighted by atomic mass is 35.5. The van der Waals surface area contributed by atoms with E-state index in [0.717, 1.165) is 10.6 Å². The SMILES string of the molecule is COc1nc(N2CC[C@@H](O)C2)cc2c1c(=O)n(-c1cnc3ccc(C#N)cn13)c(=O)n2-c1ccc(F)c(Cl)c1. The Balaban J connectivity index is 1.75. The van der Waals surface area contributed by atoms with Crippen LogP contribution in [0.15, 0.2) is 58.4 Å². The van der Waals surface area contributed by atoms with Gasteiger partial charge in [-0.05, 0) is 36.8 Å². The summed E-state index contributed by atoms with van der Waals surface area (Å²) in [6, 6.07) is 10.5. The molecule has 5 heterocycles. The summed E-state index contributed by atoms with van der Waals surface area (Å²) < 4.78 is 23.2. The summed E-state index contributed by atoms with van der Waals surface area (Å²) in [5.41, 5.74) is -0.491. The highest BCUT2D eigenvalue weighted by Gasteiger charge is 2.27. The highest BCUT2D eigenvalue weighted by molar-refractivity contribution is 6.30. The van der Waals surface area contributed by atoms with Crippen LogP contribution in [0.2, 0.25) is 5.02 Å². The zero-order valence-electron chi connectivity index (χ0n) is 20.4. The van der Waals surface area contributed by atoms with Gasteiger partial charge in [-0.2, -0.15) is 10.2 Å². The second-order valence-electron chi connectivity index (χ2n) is 9.00. The van der Waals surface area contributed by atoms with Crippen LogP contribution >= 0.6 is 11.6 Å². The number of aliphatic hydroxyl groups excluding tert-OH is 1. The van der Waals surface area contributed by atoms with Crippen LogP contribution in [0.5, 0.6) is 5.88 Å². The fourth-order valence-electron chi connectivity index (χ4n) is 4.81. The number of anilines is 1. The van der Waals surface area contributed by atoms with Gasteiger partial charge in [0.15, 0.2) is 0 Å². The quantitative estimate of drug-likeness (QED) is 0.363. The molecule has 6 rings (SSSR count). The third-order valence-electron chi connectivity index (χ3n) is 6.68. The summed E-state index contributed by atoms with van der Waals surface area (Å²) in [5.74, 6) is -0.253. The largest absolute Gasteiger partial charge is 0.480 e. The number of halogens is 2. The number of methoxy groups -OCH3 is 1. The van der Waals surface area contributed by atoms with Gasteiger partial charge in [-0.15, -0.1) is 0 Å². The first-order chi connectivity index (χ1) is 18.8. The predicted molar refractivity (Wildman–Crippen MR) is 141 cm³/mol. The van der Waals surface area contributed by atoms with Crippen molar-refractivity contribution in [3.8, 4) is 23.5 Å². The average molecular weight is 548 g/mol. The van der Waals surface area contributed by atoms with Crippen molar-refractivity contribution < 1.29 is 14.2 Å². The normalized spacial score (nSPS) is 15.3. The Morgan fingerprint density at radius 1 is 1.21 bits per heavy atom. The van der Waals surface area contributed by atoms with Crippen molar-refractivity contribution in [3.05, 3.63) is 86.0 Å². The molecular weight excluding hydrogens is 529 g/mol. The number of aromatic nitrogens is 5. The van der Waals surface area contributed by atoms with E-state index < -0.39 is 23.2 Å². The van der Waals surface area contributed by atoms with Crippen LogP contribution in [-0.4, -0.2) is 54.9 Å². The number of hydrogen-bond acceptors (Lipinski definition) is 8. The zero-order valence-corrected chi connectivity index (χ0v) is 21.1. The molecule has 0 spiro atoms. The van der Waals surface area contributed by atoms with E-state index in [1.54, 1.807) is 18.2 Å². The molecule has 0 bridgehead atoms. The van der Waals surface area contributed by atoms with Crippen LogP contribution in [0.25, 0.3) is 28.1 Å². The molecule has 1 aliphatic heterocycles. The summed E-state index contributed by atoms with van der Waals surface area (Å²) in [5, 5.41) is 19.2. The highest BCUT2D eigenvalue weighted by Crippen LogP contribution is 2.30. The maximum absolute atomic E-state index is 14.1. The predicted octanol–water partition coefficient (Wildman–Crippen LogP) is 2.43. The lowest BCUT2D eigenvalue weighted by Crippen LogP contribution is -2.39. The summed E-state index contributed by atoms with van der Waals surface area (Å²) in [6.07, 6.45) is 2.79. The van der Waals surface area contributed by atoms with E-state index in [1.807, 2.05) is 11.0 Å². The van der Waals surface area contributed by atoms with Gasteiger partial charge in [0.25, 0.3) is 5.56 Å². The van der Waals surface area contributed by atoms with E-state index in [0.29, 0.717) is 31.0 Å². The van der Waals surface area contributed by atoms with Crippen LogP contribution in [-0.2, 0) is 0 Å². The number of imidazole rings is 1. The Hall–Kier alpha value is -4.73. The number of β-amino-alcohol motifs (C(OH)–C–C–N with tert-alkyl or cyclic N) is 1. The van der Waals surface area contributed by atoms with E-state index in [2.05, 4.69) is 9.97 Å². The molecule has 0 radical (unpaired) electrons. The smallest absolute Gasteiger partial charge is 0.342 e. The molecule has 196 valence electrons. The minimum Gasteiger partial charge on any atom is -0.480 e. The number of hydrogen-bond donors (Lipinski definition) is 1. The Labute approximate surface area is 224 Å². The molecule has 1 N–H and O–H groups in total. The number of ether oxygens (including phenoxy) is 1. The Morgan fingerprint density at radius 2 is 2.03 bits per heavy atom. The maximum atomic E-state index is 14.1. The summed E-state index contributed by atoms with van der Waals surface area (Å²) in [4.78, 5) is 38.8. The molecule has 4 aromatic heterocycles. The minimum absolute atomic E-state index is 0.0209. The molecule has 11 nitrogen and oxygen atoms in total. The van der Waals surface area contributed by atoms with E-state index >= 15 is 0 Å². The Bertz CT molecular complexity index is 1960. The van der Waals surface area contributed by atoms with E-state index in [4.69, 9.17) is 16.3 Å². The fourth-order valence-corrected chi connectivity index (χ4v) is 4.98. The fraction of sp³-hybridized carbons (Fsp3) is 0.192. The van der Waals surface area contributed by atoms with Crippen molar-refractivity contribution in [1.29, 1.82) is 5.26 Å². The minimum atomic E-state index is -0.792. The van der Waals surface area contributed by atoms with E-state index in [1.165, 1.54) is 40.6 Å². The molecule has 1 fully saturated rings. The molecule has 1 saturated heterocycles. The second kappa shape index (κ2) is 9.23. The monoisotopic (exact) mass is 547 g/mol. The van der Waals surface area contributed by atoms with Gasteiger partial charge in [0.05, 0.1) is 41.2 Å². The lowest BCUT2D eigenvalue weighted by molar-refractivity contribution is 0.198. The third-order valence-corrected chi connectivity index (χ3v) is 6.97. The van der Waals surface area contributed by atoms with Crippen molar-refractivity contribution in [2.45, 2.75) is 12.5 Å². The van der Waals surface area contributed by atoms with Crippen molar-refractivity contribution in [2.75, 3.05) is 25.1 Å². The number of pyridine rings is 2. The summed E-state index contributed by atoms with van der Waals surface area (Å²) in [6.45, 7) is 0.823. The topological polar surface area (TPSA) is 131 Å². The van der Waals surface area contributed by atoms with Crippen molar-refractivity contribution in [3.63, 3.8) is 0 Å². The molecule has 1 aliphatic rings. The van der Waals surface area contributed by atoms with Gasteiger partial charge in [-0.25, -0.2) is 18.7 Å². The summed E-state index contributed by atoms with van der Waals surface area (Å²) >= 11 is 6.08. The van der Waals surface area contributed by atoms with Crippen molar-refractivity contribution >= 4 is 34.0 Å². The number of aliphatic hydroxyl groups is 1. The van der Waals surface area contributed by atoms with E-state index in [9.17, 15) is 24.3 Å². The van der Waals surface area contributed by atoms with Gasteiger partial charge in [0, 0.05) is 25.4 Å². The maximum Gasteiger partial charge on any atom is 0.342 e. The number of nitriles is 1. The first-order valence-electron chi connectivity index (χ1n) is 11.8. The molecule has 13 heteroatoms. The van der Waals surface area contributed by atoms with Crippen LogP contribution < -0.4 is 20.9 Å². The van der Waals surface area contributed by atoms with Crippen LogP contribution in [0.3, 0.4) is 0 Å². The van der Waals surface area contributed by atoms with Gasteiger partial charge in [0.2, 0.25) is 5.88 Å². The van der Waals surface area contributed by atoms with Gasteiger partial charge in [-0.3, -0.25) is 13.8 Å². The molecule has 1 aromatic carbocycles. The molecule has 0 amide bonds. The van der Waals surface area contributed by atoms with Crippen molar-refractivity contribution in [2.24, 2.45) is 0 Å². The molecule has 0 saturated carbocycles. The molecule has 0 unspecified atom stereocenters. The van der Waals surface area contributed by atoms with Gasteiger partial charge in [-0.1, -0.05) is 11.6 Å². The first-order valence-corrected chi connectivity index (χ1v) is 12.2. The standard InChI is InChI=1S/C26H19ClFN7O4/c1-39-24-23-19(9-21(31-24)32-7-6-16(36)13-32)34(15-3-4-18(28)17(27)8-15)26(38)35(25(23)37)22-11-30-20-5-2-14(10-29)12-33(20)22/h2-5,8-9,11-12,16,36H,6-7,13H2,1H3/t16-/m1/s1. The lowest BCUT2D eigenvalue weighted by Gasteiger charge is -2.20. The van der Waals surface area contributed by atoms with Gasteiger partial charge < -0.3 is 14.7 Å². The van der Waals surface area contributed by atoms with Crippen LogP contribution in [0, 0.1) is 17.1 Å². The Kier molecular flexibility index (Phi) is 5.82. The third kappa shape index (κ3) is 3.91. The first kappa shape index (κ1) is 24.6. The van der Waals surface area contributed by atoms with Crippen molar-refractivity contribution in [1.82, 2.24) is 23.5 Å². The van der Waals surface area contributed by atoms with E-state index in [-0.39, 0.29) is 38.9 Å². The van der Waals surface area contributed by atoms with Crippen LogP contribution in [0.4, 0.5) is 10.2 Å². The average Bonchev–Trinajstić information content (AvgIpc) is 3.56. The summed E-state index contributed by atoms with van der Waals surface area (Å²) in [7, 11) is 1.35. The Morgan fingerprint density at radius 3 is 2.72 bits per heavy atom. The second-order valence-corrected chi connectivity index (χ2v) is 9.41. The number of fused-ring (bicyclic) bond motifs is 2. The van der Waals surface area contributed by atoms with Gasteiger partial charge in [0.1, 0.15) is 34.6 Å². The molecule has 5 aromatic rings. The number of benzene rings is 1. The van der Waals surface area contributed by atoms with Gasteiger partial charge >= 0.3 is 5.69 Å². The van der Waals surface area contributed by atoms with Crippen LogP contribution in [0.1, 0.15) is 12.0 Å². The lowest BCUT2D eigenvalue weighted by atomic mass is 10.2. The number of rotatable bonds is 4.